The van der Waals surface area contributed by atoms with Crippen molar-refractivity contribution in [3.05, 3.63) is 0 Å². The standard InChI is InChI=1S/C7H12N2O2S/c1-8-2-3-9(4-6(8)10)7(11)5-12/h12H,2-5H2,1H3. The Morgan fingerprint density at radius 3 is 2.75 bits per heavy atom. The van der Waals surface area contributed by atoms with E-state index in [4.69, 9.17) is 0 Å². The average Bonchev–Trinajstić information content (AvgIpc) is 2.08. The summed E-state index contributed by atoms with van der Waals surface area (Å²) in [5.41, 5.74) is 0. The maximum atomic E-state index is 11.1. The molecule has 1 aliphatic heterocycles. The molecule has 0 aromatic carbocycles. The molecule has 0 aliphatic carbocycles. The summed E-state index contributed by atoms with van der Waals surface area (Å²) in [6, 6.07) is 0. The molecule has 1 aliphatic rings. The number of carbonyl (C=O) groups excluding carboxylic acids is 2. The molecule has 1 fully saturated rings. The van der Waals surface area contributed by atoms with Crippen LogP contribution in [-0.4, -0.2) is 54.0 Å². The molecule has 2 amide bonds. The maximum Gasteiger partial charge on any atom is 0.241 e. The molecule has 68 valence electrons. The summed E-state index contributed by atoms with van der Waals surface area (Å²) in [7, 11) is 1.74. The van der Waals surface area contributed by atoms with Crippen molar-refractivity contribution in [2.45, 2.75) is 0 Å². The predicted octanol–water partition coefficient (Wildman–Crippen LogP) is -0.783. The lowest BCUT2D eigenvalue weighted by atomic mass is 10.3. The summed E-state index contributed by atoms with van der Waals surface area (Å²) in [5, 5.41) is 0. The first-order valence-electron chi connectivity index (χ1n) is 3.77. The maximum absolute atomic E-state index is 11.1. The van der Waals surface area contributed by atoms with E-state index < -0.39 is 0 Å². The molecule has 0 aromatic heterocycles. The van der Waals surface area contributed by atoms with E-state index in [0.29, 0.717) is 13.1 Å². The van der Waals surface area contributed by atoms with E-state index in [1.165, 1.54) is 4.90 Å². The van der Waals surface area contributed by atoms with Gasteiger partial charge < -0.3 is 9.80 Å². The highest BCUT2D eigenvalue weighted by Crippen LogP contribution is 2.01. The smallest absolute Gasteiger partial charge is 0.241 e. The number of hydrogen-bond acceptors (Lipinski definition) is 3. The minimum atomic E-state index is -0.0696. The third kappa shape index (κ3) is 1.91. The van der Waals surface area contributed by atoms with Crippen LogP contribution in [0.15, 0.2) is 0 Å². The fraction of sp³-hybridized carbons (Fsp3) is 0.714. The quantitative estimate of drug-likeness (QED) is 0.548. The third-order valence-electron chi connectivity index (χ3n) is 1.95. The Bertz CT molecular complexity index is 206. The molecule has 0 spiro atoms. The van der Waals surface area contributed by atoms with E-state index in [2.05, 4.69) is 12.6 Å². The molecule has 4 nitrogen and oxygen atoms in total. The van der Waals surface area contributed by atoms with Gasteiger partial charge in [-0.25, -0.2) is 0 Å². The molecule has 12 heavy (non-hydrogen) atoms. The molecule has 1 heterocycles. The highest BCUT2D eigenvalue weighted by molar-refractivity contribution is 7.81. The van der Waals surface area contributed by atoms with Gasteiger partial charge in [-0.2, -0.15) is 12.6 Å². The predicted molar refractivity (Wildman–Crippen MR) is 48.1 cm³/mol. The van der Waals surface area contributed by atoms with Crippen molar-refractivity contribution in [1.29, 1.82) is 0 Å². The minimum absolute atomic E-state index is 0.00335. The third-order valence-corrected chi connectivity index (χ3v) is 2.22. The van der Waals surface area contributed by atoms with Crippen LogP contribution in [0.25, 0.3) is 0 Å². The van der Waals surface area contributed by atoms with E-state index >= 15 is 0 Å². The van der Waals surface area contributed by atoms with Gasteiger partial charge in [0.25, 0.3) is 0 Å². The molecule has 1 saturated heterocycles. The second-order valence-corrected chi connectivity index (χ2v) is 3.10. The summed E-state index contributed by atoms with van der Waals surface area (Å²) in [6.07, 6.45) is 0. The van der Waals surface area contributed by atoms with Crippen molar-refractivity contribution in [2.24, 2.45) is 0 Å². The molecule has 0 N–H and O–H groups in total. The van der Waals surface area contributed by atoms with Gasteiger partial charge in [0, 0.05) is 20.1 Å². The first kappa shape index (κ1) is 9.38. The van der Waals surface area contributed by atoms with E-state index in [9.17, 15) is 9.59 Å². The molecule has 0 radical (unpaired) electrons. The minimum Gasteiger partial charge on any atom is -0.342 e. The molecule has 0 saturated carbocycles. The van der Waals surface area contributed by atoms with Gasteiger partial charge in [0.1, 0.15) is 0 Å². The number of thiol groups is 1. The average molecular weight is 188 g/mol. The summed E-state index contributed by atoms with van der Waals surface area (Å²) in [6.45, 7) is 1.45. The molecule has 5 heteroatoms. The molecule has 0 unspecified atom stereocenters. The summed E-state index contributed by atoms with van der Waals surface area (Å²) < 4.78 is 0. The lowest BCUT2D eigenvalue weighted by Gasteiger charge is -2.31. The molecular formula is C7H12N2O2S. The van der Waals surface area contributed by atoms with Gasteiger partial charge in [0.05, 0.1) is 12.3 Å². The first-order valence-corrected chi connectivity index (χ1v) is 4.41. The van der Waals surface area contributed by atoms with E-state index in [-0.39, 0.29) is 24.1 Å². The Morgan fingerprint density at radius 1 is 1.58 bits per heavy atom. The van der Waals surface area contributed by atoms with Crippen molar-refractivity contribution in [3.63, 3.8) is 0 Å². The van der Waals surface area contributed by atoms with Crippen LogP contribution in [0.5, 0.6) is 0 Å². The lowest BCUT2D eigenvalue weighted by molar-refractivity contribution is -0.142. The molecule has 0 aromatic rings. The number of likely N-dealkylation sites (N-methyl/N-ethyl adjacent to an activating group) is 1. The Hall–Kier alpha value is -0.710. The van der Waals surface area contributed by atoms with E-state index in [1.54, 1.807) is 11.9 Å². The van der Waals surface area contributed by atoms with Crippen molar-refractivity contribution < 1.29 is 9.59 Å². The van der Waals surface area contributed by atoms with Gasteiger partial charge in [-0.3, -0.25) is 9.59 Å². The molecular weight excluding hydrogens is 176 g/mol. The topological polar surface area (TPSA) is 40.6 Å². The summed E-state index contributed by atoms with van der Waals surface area (Å²) >= 11 is 3.86. The molecule has 1 rings (SSSR count). The van der Waals surface area contributed by atoms with Crippen molar-refractivity contribution >= 4 is 24.4 Å². The number of rotatable bonds is 1. The van der Waals surface area contributed by atoms with Gasteiger partial charge >= 0.3 is 0 Å². The van der Waals surface area contributed by atoms with Crippen molar-refractivity contribution in [3.8, 4) is 0 Å². The normalized spacial score (nSPS) is 18.3. The largest absolute Gasteiger partial charge is 0.342 e. The Morgan fingerprint density at radius 2 is 2.25 bits per heavy atom. The zero-order valence-electron chi connectivity index (χ0n) is 6.99. The number of nitrogens with zero attached hydrogens (tertiary/aromatic N) is 2. The SMILES string of the molecule is CN1CCN(C(=O)CS)CC1=O. The lowest BCUT2D eigenvalue weighted by Crippen LogP contribution is -2.51. The van der Waals surface area contributed by atoms with Crippen LogP contribution >= 0.6 is 12.6 Å². The Labute approximate surface area is 76.9 Å². The fourth-order valence-corrected chi connectivity index (χ4v) is 1.27. The van der Waals surface area contributed by atoms with Gasteiger partial charge in [0.15, 0.2) is 0 Å². The molecule has 0 bridgehead atoms. The Kier molecular flexibility index (Phi) is 2.97. The summed E-state index contributed by atoms with van der Waals surface area (Å²) in [5.74, 6) is 0.105. The van der Waals surface area contributed by atoms with Crippen molar-refractivity contribution in [2.75, 3.05) is 32.4 Å². The number of hydrogen-bond donors (Lipinski definition) is 1. The fourth-order valence-electron chi connectivity index (χ4n) is 1.07. The second-order valence-electron chi connectivity index (χ2n) is 2.79. The van der Waals surface area contributed by atoms with Crippen molar-refractivity contribution in [1.82, 2.24) is 9.80 Å². The van der Waals surface area contributed by atoms with Gasteiger partial charge in [-0.05, 0) is 0 Å². The van der Waals surface area contributed by atoms with Crippen LogP contribution in [0.4, 0.5) is 0 Å². The van der Waals surface area contributed by atoms with Crippen LogP contribution in [0, 0.1) is 0 Å². The van der Waals surface area contributed by atoms with Crippen LogP contribution in [0.3, 0.4) is 0 Å². The van der Waals surface area contributed by atoms with Crippen LogP contribution < -0.4 is 0 Å². The second kappa shape index (κ2) is 3.80. The van der Waals surface area contributed by atoms with Gasteiger partial charge in [-0.1, -0.05) is 0 Å². The monoisotopic (exact) mass is 188 g/mol. The van der Waals surface area contributed by atoms with E-state index in [1.807, 2.05) is 0 Å². The number of carbonyl (C=O) groups is 2. The highest BCUT2D eigenvalue weighted by atomic mass is 32.1. The first-order chi connectivity index (χ1) is 5.65. The Balaban J connectivity index is 2.51. The number of piperazine rings is 1. The number of amides is 2. The zero-order chi connectivity index (χ0) is 9.14. The van der Waals surface area contributed by atoms with Crippen LogP contribution in [0.2, 0.25) is 0 Å². The van der Waals surface area contributed by atoms with E-state index in [0.717, 1.165) is 0 Å². The van der Waals surface area contributed by atoms with Crippen LogP contribution in [0.1, 0.15) is 0 Å². The van der Waals surface area contributed by atoms with Crippen LogP contribution in [-0.2, 0) is 9.59 Å². The summed E-state index contributed by atoms with van der Waals surface area (Å²) in [4.78, 5) is 25.4. The zero-order valence-corrected chi connectivity index (χ0v) is 7.88. The van der Waals surface area contributed by atoms with Gasteiger partial charge in [-0.15, -0.1) is 0 Å². The van der Waals surface area contributed by atoms with Gasteiger partial charge in [0.2, 0.25) is 11.8 Å². The highest BCUT2D eigenvalue weighted by Gasteiger charge is 2.23. The molecule has 0 atom stereocenters.